The van der Waals surface area contributed by atoms with Gasteiger partial charge in [0.25, 0.3) is 0 Å². The van der Waals surface area contributed by atoms with E-state index in [2.05, 4.69) is 0 Å². The fourth-order valence-electron chi connectivity index (χ4n) is 1.22. The molecule has 1 aliphatic heterocycles. The van der Waals surface area contributed by atoms with Gasteiger partial charge in [-0.3, -0.25) is 0 Å². The van der Waals surface area contributed by atoms with Gasteiger partial charge in [0.15, 0.2) is 0 Å². The summed E-state index contributed by atoms with van der Waals surface area (Å²) < 4.78 is 12.8. The van der Waals surface area contributed by atoms with Gasteiger partial charge in [-0.2, -0.15) is 0 Å². The lowest BCUT2D eigenvalue weighted by Crippen LogP contribution is -1.92. The highest BCUT2D eigenvalue weighted by atomic mass is 32.2. The molecular formula is C8H8FNS. The lowest BCUT2D eigenvalue weighted by atomic mass is 10.1. The number of hydrogen-bond donors (Lipinski definition) is 1. The normalized spacial score (nSPS) is 15.0. The van der Waals surface area contributed by atoms with Crippen LogP contribution in [0.4, 0.5) is 10.1 Å². The fourth-order valence-corrected chi connectivity index (χ4v) is 2.29. The lowest BCUT2D eigenvalue weighted by Gasteiger charge is -2.00. The van der Waals surface area contributed by atoms with Gasteiger partial charge >= 0.3 is 0 Å². The molecule has 3 heteroatoms. The Morgan fingerprint density at radius 2 is 2.27 bits per heavy atom. The van der Waals surface area contributed by atoms with E-state index in [9.17, 15) is 4.39 Å². The molecule has 0 bridgehead atoms. The Morgan fingerprint density at radius 1 is 1.45 bits per heavy atom. The third-order valence-electron chi connectivity index (χ3n) is 1.81. The average molecular weight is 169 g/mol. The molecule has 1 aliphatic rings. The van der Waals surface area contributed by atoms with Crippen LogP contribution in [0, 0.1) is 5.82 Å². The maximum atomic E-state index is 12.8. The Hall–Kier alpha value is -0.700. The van der Waals surface area contributed by atoms with E-state index in [0.29, 0.717) is 0 Å². The van der Waals surface area contributed by atoms with Gasteiger partial charge in [0.2, 0.25) is 0 Å². The molecule has 1 heterocycles. The first-order chi connectivity index (χ1) is 5.27. The molecule has 0 fully saturated rings. The molecule has 58 valence electrons. The van der Waals surface area contributed by atoms with Crippen molar-refractivity contribution in [2.45, 2.75) is 11.3 Å². The van der Waals surface area contributed by atoms with Gasteiger partial charge in [-0.1, -0.05) is 0 Å². The van der Waals surface area contributed by atoms with E-state index in [1.54, 1.807) is 17.8 Å². The van der Waals surface area contributed by atoms with Crippen molar-refractivity contribution in [3.63, 3.8) is 0 Å². The number of hydrogen-bond acceptors (Lipinski definition) is 2. The van der Waals surface area contributed by atoms with Crippen molar-refractivity contribution in [1.82, 2.24) is 0 Å². The van der Waals surface area contributed by atoms with E-state index in [-0.39, 0.29) is 11.5 Å². The standard InChI is InChI=1S/C8H8FNS/c9-6-4-8-5(1-2-11-8)3-7(6)10/h3-4H,1-2,10H2. The Kier molecular flexibility index (Phi) is 1.53. The fraction of sp³-hybridized carbons (Fsp3) is 0.250. The maximum absolute atomic E-state index is 12.8. The molecule has 1 aromatic rings. The average Bonchev–Trinajstić information content (AvgIpc) is 2.36. The topological polar surface area (TPSA) is 26.0 Å². The molecule has 0 saturated heterocycles. The lowest BCUT2D eigenvalue weighted by molar-refractivity contribution is 0.628. The summed E-state index contributed by atoms with van der Waals surface area (Å²) in [6.45, 7) is 0. The summed E-state index contributed by atoms with van der Waals surface area (Å²) in [4.78, 5) is 1.05. The molecule has 0 saturated carbocycles. The number of fused-ring (bicyclic) bond motifs is 1. The van der Waals surface area contributed by atoms with E-state index in [0.717, 1.165) is 17.1 Å². The van der Waals surface area contributed by atoms with Crippen molar-refractivity contribution in [3.05, 3.63) is 23.5 Å². The molecule has 11 heavy (non-hydrogen) atoms. The molecule has 0 radical (unpaired) electrons. The molecule has 2 N–H and O–H groups in total. The Bertz CT molecular complexity index is 269. The Morgan fingerprint density at radius 3 is 3.09 bits per heavy atom. The molecule has 0 aromatic heterocycles. The molecule has 0 amide bonds. The zero-order valence-electron chi connectivity index (χ0n) is 5.93. The van der Waals surface area contributed by atoms with Gasteiger partial charge in [0, 0.05) is 10.6 Å². The van der Waals surface area contributed by atoms with Crippen molar-refractivity contribution < 1.29 is 4.39 Å². The first-order valence-electron chi connectivity index (χ1n) is 3.48. The molecular weight excluding hydrogens is 161 g/mol. The second kappa shape index (κ2) is 2.41. The summed E-state index contributed by atoms with van der Waals surface area (Å²) >= 11 is 1.70. The van der Waals surface area contributed by atoms with Crippen molar-refractivity contribution >= 4 is 17.4 Å². The van der Waals surface area contributed by atoms with Gasteiger partial charge in [0.1, 0.15) is 5.82 Å². The number of halogens is 1. The Balaban J connectivity index is 2.57. The van der Waals surface area contributed by atoms with Gasteiger partial charge < -0.3 is 5.73 Å². The van der Waals surface area contributed by atoms with Gasteiger partial charge in [-0.15, -0.1) is 11.8 Å². The van der Waals surface area contributed by atoms with E-state index in [1.165, 1.54) is 11.6 Å². The van der Waals surface area contributed by atoms with Crippen LogP contribution in [0.2, 0.25) is 0 Å². The third-order valence-corrected chi connectivity index (χ3v) is 2.91. The second-order valence-corrected chi connectivity index (χ2v) is 3.72. The molecule has 2 rings (SSSR count). The summed E-state index contributed by atoms with van der Waals surface area (Å²) in [5.74, 6) is 0.760. The predicted molar refractivity (Wildman–Crippen MR) is 45.2 cm³/mol. The van der Waals surface area contributed by atoms with Crippen LogP contribution >= 0.6 is 11.8 Å². The van der Waals surface area contributed by atoms with Crippen molar-refractivity contribution in [2.24, 2.45) is 0 Å². The summed E-state index contributed by atoms with van der Waals surface area (Å²) in [5.41, 5.74) is 6.87. The number of benzene rings is 1. The first kappa shape index (κ1) is 6.98. The predicted octanol–water partition coefficient (Wildman–Crippen LogP) is 2.06. The van der Waals surface area contributed by atoms with Crippen LogP contribution < -0.4 is 5.73 Å². The minimum Gasteiger partial charge on any atom is -0.396 e. The molecule has 0 aliphatic carbocycles. The van der Waals surface area contributed by atoms with Crippen LogP contribution in [0.15, 0.2) is 17.0 Å². The monoisotopic (exact) mass is 169 g/mol. The minimum absolute atomic E-state index is 0.270. The zero-order valence-corrected chi connectivity index (χ0v) is 6.75. The highest BCUT2D eigenvalue weighted by Gasteiger charge is 2.13. The van der Waals surface area contributed by atoms with E-state index >= 15 is 0 Å². The van der Waals surface area contributed by atoms with Crippen LogP contribution in [0.3, 0.4) is 0 Å². The van der Waals surface area contributed by atoms with Gasteiger partial charge in [-0.05, 0) is 24.1 Å². The van der Waals surface area contributed by atoms with Crippen molar-refractivity contribution in [3.8, 4) is 0 Å². The number of thioether (sulfide) groups is 1. The van der Waals surface area contributed by atoms with Gasteiger partial charge in [0.05, 0.1) is 5.69 Å². The van der Waals surface area contributed by atoms with Crippen molar-refractivity contribution in [2.75, 3.05) is 11.5 Å². The van der Waals surface area contributed by atoms with Crippen molar-refractivity contribution in [1.29, 1.82) is 0 Å². The number of nitrogen functional groups attached to an aromatic ring is 1. The molecule has 0 unspecified atom stereocenters. The molecule has 1 nitrogen and oxygen atoms in total. The zero-order chi connectivity index (χ0) is 7.84. The quantitative estimate of drug-likeness (QED) is 0.601. The first-order valence-corrected chi connectivity index (χ1v) is 4.46. The highest BCUT2D eigenvalue weighted by molar-refractivity contribution is 7.99. The molecule has 0 spiro atoms. The summed E-state index contributed by atoms with van der Waals surface area (Å²) in [5, 5.41) is 0. The number of anilines is 1. The smallest absolute Gasteiger partial charge is 0.147 e. The number of aryl methyl sites for hydroxylation is 1. The van der Waals surface area contributed by atoms with E-state index in [4.69, 9.17) is 5.73 Å². The molecule has 1 aromatic carbocycles. The summed E-state index contributed by atoms with van der Waals surface area (Å²) in [7, 11) is 0. The van der Waals surface area contributed by atoms with Crippen LogP contribution in [0.25, 0.3) is 0 Å². The number of nitrogens with two attached hydrogens (primary N) is 1. The maximum Gasteiger partial charge on any atom is 0.147 e. The van der Waals surface area contributed by atoms with Crippen LogP contribution in [0.5, 0.6) is 0 Å². The van der Waals surface area contributed by atoms with Crippen LogP contribution in [-0.4, -0.2) is 5.75 Å². The molecule has 0 atom stereocenters. The van der Waals surface area contributed by atoms with Crippen LogP contribution in [-0.2, 0) is 6.42 Å². The summed E-state index contributed by atoms with van der Waals surface area (Å²) in [6.07, 6.45) is 1.02. The third kappa shape index (κ3) is 1.09. The SMILES string of the molecule is Nc1cc2c(cc1F)SCC2. The summed E-state index contributed by atoms with van der Waals surface area (Å²) in [6, 6.07) is 3.27. The number of rotatable bonds is 0. The Labute approximate surface area is 68.8 Å². The largest absolute Gasteiger partial charge is 0.396 e. The van der Waals surface area contributed by atoms with E-state index < -0.39 is 0 Å². The van der Waals surface area contributed by atoms with E-state index in [1.807, 2.05) is 0 Å². The van der Waals surface area contributed by atoms with Gasteiger partial charge in [-0.25, -0.2) is 4.39 Å². The highest BCUT2D eigenvalue weighted by Crippen LogP contribution is 2.33. The minimum atomic E-state index is -0.293. The van der Waals surface area contributed by atoms with Crippen LogP contribution in [0.1, 0.15) is 5.56 Å². The second-order valence-electron chi connectivity index (χ2n) is 2.58.